The van der Waals surface area contributed by atoms with E-state index in [9.17, 15) is 18.0 Å². The minimum atomic E-state index is -4.13. The Morgan fingerprint density at radius 1 is 0.780 bits per heavy atom. The van der Waals surface area contributed by atoms with Gasteiger partial charge in [-0.05, 0) is 53.6 Å². The van der Waals surface area contributed by atoms with Gasteiger partial charge in [0.2, 0.25) is 11.8 Å². The molecule has 41 heavy (non-hydrogen) atoms. The number of carbonyl (C=O) groups excluding carboxylic acids is 2. The molecule has 0 saturated carbocycles. The number of benzene rings is 4. The molecule has 0 radical (unpaired) electrons. The summed E-state index contributed by atoms with van der Waals surface area (Å²) in [5.74, 6) is -0.869. The number of sulfonamides is 1. The van der Waals surface area contributed by atoms with Crippen LogP contribution in [0.25, 0.3) is 0 Å². The first kappa shape index (κ1) is 30.5. The van der Waals surface area contributed by atoms with Crippen LogP contribution in [0.2, 0.25) is 0 Å². The third kappa shape index (κ3) is 7.84. The molecule has 0 heterocycles. The van der Waals surface area contributed by atoms with Crippen molar-refractivity contribution in [3.8, 4) is 0 Å². The Morgan fingerprint density at radius 3 is 1.98 bits per heavy atom. The normalized spacial score (nSPS) is 11.9. The van der Waals surface area contributed by atoms with Crippen molar-refractivity contribution in [2.75, 3.05) is 17.9 Å². The van der Waals surface area contributed by atoms with Crippen LogP contribution in [-0.2, 0) is 32.6 Å². The molecule has 0 aliphatic carbocycles. The van der Waals surface area contributed by atoms with Gasteiger partial charge in [0.15, 0.2) is 0 Å². The van der Waals surface area contributed by atoms with E-state index < -0.39 is 28.5 Å². The van der Waals surface area contributed by atoms with Gasteiger partial charge in [-0.2, -0.15) is 0 Å². The van der Waals surface area contributed by atoms with Gasteiger partial charge in [0.25, 0.3) is 10.0 Å². The Bertz CT molecular complexity index is 1600. The monoisotopic (exact) mass is 697 g/mol. The summed E-state index contributed by atoms with van der Waals surface area (Å²) in [6.45, 7) is -0.412. The van der Waals surface area contributed by atoms with Gasteiger partial charge in [-0.1, -0.05) is 98.6 Å². The van der Waals surface area contributed by atoms with Gasteiger partial charge >= 0.3 is 0 Å². The maximum absolute atomic E-state index is 14.2. The minimum absolute atomic E-state index is 0.0541. The predicted molar refractivity (Wildman–Crippen MR) is 168 cm³/mol. The third-order valence-electron chi connectivity index (χ3n) is 6.47. The lowest BCUT2D eigenvalue weighted by Crippen LogP contribution is -2.53. The number of rotatable bonds is 11. The van der Waals surface area contributed by atoms with Crippen molar-refractivity contribution in [3.63, 3.8) is 0 Å². The van der Waals surface area contributed by atoms with Crippen molar-refractivity contribution in [1.82, 2.24) is 10.2 Å². The molecule has 0 aliphatic heterocycles. The Kier molecular flexibility index (Phi) is 10.4. The summed E-state index contributed by atoms with van der Waals surface area (Å²) in [6, 6.07) is 30.7. The fourth-order valence-corrected chi connectivity index (χ4v) is 6.69. The second-order valence-electron chi connectivity index (χ2n) is 9.28. The Hall–Kier alpha value is -3.47. The highest BCUT2D eigenvalue weighted by Crippen LogP contribution is 2.27. The highest BCUT2D eigenvalue weighted by molar-refractivity contribution is 9.10. The summed E-state index contributed by atoms with van der Waals surface area (Å²) in [6.07, 6.45) is 0.253. The highest BCUT2D eigenvalue weighted by atomic mass is 79.9. The van der Waals surface area contributed by atoms with Crippen molar-refractivity contribution >= 4 is 59.4 Å². The summed E-state index contributed by atoms with van der Waals surface area (Å²) in [7, 11) is -2.61. The maximum atomic E-state index is 14.2. The number of carbonyl (C=O) groups is 2. The van der Waals surface area contributed by atoms with E-state index >= 15 is 0 Å². The van der Waals surface area contributed by atoms with E-state index in [0.717, 1.165) is 19.9 Å². The molecular weight excluding hydrogens is 670 g/mol. The molecule has 0 spiro atoms. The number of amides is 2. The molecule has 7 nitrogen and oxygen atoms in total. The third-order valence-corrected chi connectivity index (χ3v) is 9.24. The van der Waals surface area contributed by atoms with E-state index in [4.69, 9.17) is 0 Å². The lowest BCUT2D eigenvalue weighted by atomic mass is 10.0. The molecule has 0 saturated heterocycles. The van der Waals surface area contributed by atoms with Crippen molar-refractivity contribution in [2.24, 2.45) is 0 Å². The van der Waals surface area contributed by atoms with Crippen LogP contribution in [0.4, 0.5) is 5.69 Å². The topological polar surface area (TPSA) is 86.8 Å². The Morgan fingerprint density at radius 2 is 1.37 bits per heavy atom. The summed E-state index contributed by atoms with van der Waals surface area (Å²) >= 11 is 6.89. The van der Waals surface area contributed by atoms with Crippen LogP contribution in [0.5, 0.6) is 0 Å². The molecule has 4 aromatic carbocycles. The molecule has 4 aromatic rings. The number of nitrogens with one attached hydrogen (secondary N) is 1. The largest absolute Gasteiger partial charge is 0.357 e. The summed E-state index contributed by atoms with van der Waals surface area (Å²) in [5.41, 5.74) is 1.97. The summed E-state index contributed by atoms with van der Waals surface area (Å²) < 4.78 is 30.4. The second-order valence-corrected chi connectivity index (χ2v) is 13.0. The quantitative estimate of drug-likeness (QED) is 0.215. The first-order valence-electron chi connectivity index (χ1n) is 12.8. The SMILES string of the molecule is CNC(=O)[C@H](Cc1ccccc1)N(Cc1cccc(Br)c1)C(=O)CN(c1cccc(Br)c1)S(=O)(=O)c1ccccc1. The lowest BCUT2D eigenvalue weighted by Gasteiger charge is -2.33. The van der Waals surface area contributed by atoms with E-state index in [1.54, 1.807) is 42.5 Å². The smallest absolute Gasteiger partial charge is 0.264 e. The predicted octanol–water partition coefficient (Wildman–Crippen LogP) is 5.79. The number of halogens is 2. The fourth-order valence-electron chi connectivity index (χ4n) is 4.43. The first-order chi connectivity index (χ1) is 19.7. The molecule has 0 aromatic heterocycles. The average molecular weight is 699 g/mol. The van der Waals surface area contributed by atoms with Crippen LogP contribution in [0.3, 0.4) is 0 Å². The van der Waals surface area contributed by atoms with Gasteiger partial charge in [0.1, 0.15) is 12.6 Å². The van der Waals surface area contributed by atoms with Gasteiger partial charge in [0, 0.05) is 29.0 Å². The molecule has 1 atom stereocenters. The van der Waals surface area contributed by atoms with Crippen LogP contribution in [-0.4, -0.2) is 44.8 Å². The zero-order valence-electron chi connectivity index (χ0n) is 22.3. The molecule has 2 amide bonds. The van der Waals surface area contributed by atoms with Gasteiger partial charge in [-0.25, -0.2) is 8.42 Å². The van der Waals surface area contributed by atoms with E-state index in [0.29, 0.717) is 10.2 Å². The van der Waals surface area contributed by atoms with Crippen LogP contribution in [0.1, 0.15) is 11.1 Å². The highest BCUT2D eigenvalue weighted by Gasteiger charge is 2.34. The van der Waals surface area contributed by atoms with Gasteiger partial charge in [0.05, 0.1) is 10.6 Å². The zero-order valence-corrected chi connectivity index (χ0v) is 26.3. The number of nitrogens with zero attached hydrogens (tertiary/aromatic N) is 2. The lowest BCUT2D eigenvalue weighted by molar-refractivity contribution is -0.139. The first-order valence-corrected chi connectivity index (χ1v) is 15.8. The van der Waals surface area contributed by atoms with Crippen LogP contribution >= 0.6 is 31.9 Å². The number of likely N-dealkylation sites (N-methyl/N-ethyl adjacent to an activating group) is 1. The molecule has 212 valence electrons. The van der Waals surface area contributed by atoms with Crippen LogP contribution in [0, 0.1) is 0 Å². The maximum Gasteiger partial charge on any atom is 0.264 e. The van der Waals surface area contributed by atoms with E-state index in [1.165, 1.54) is 24.1 Å². The number of anilines is 1. The fraction of sp³-hybridized carbons (Fsp3) is 0.161. The Labute approximate surface area is 257 Å². The number of hydrogen-bond acceptors (Lipinski definition) is 4. The molecule has 0 unspecified atom stereocenters. The molecule has 10 heteroatoms. The van der Waals surface area contributed by atoms with E-state index in [1.807, 2.05) is 54.6 Å². The van der Waals surface area contributed by atoms with Gasteiger partial charge in [-0.15, -0.1) is 0 Å². The molecule has 0 aliphatic rings. The van der Waals surface area contributed by atoms with Gasteiger partial charge in [-0.3, -0.25) is 13.9 Å². The molecule has 4 rings (SSSR count). The van der Waals surface area contributed by atoms with Crippen molar-refractivity contribution in [3.05, 3.63) is 129 Å². The van der Waals surface area contributed by atoms with E-state index in [-0.39, 0.29) is 23.8 Å². The van der Waals surface area contributed by atoms with Crippen molar-refractivity contribution in [1.29, 1.82) is 0 Å². The standard InChI is InChI=1S/C31H29Br2N3O4S/c1-34-31(38)29(19-23-10-4-2-5-11-23)35(21-24-12-8-13-25(32)18-24)30(37)22-36(27-15-9-14-26(33)20-27)41(39,40)28-16-6-3-7-17-28/h2-18,20,29H,19,21-22H2,1H3,(H,34,38)/t29-/m0/s1. The van der Waals surface area contributed by atoms with E-state index in [2.05, 4.69) is 37.2 Å². The molecule has 0 fully saturated rings. The minimum Gasteiger partial charge on any atom is -0.357 e. The summed E-state index contributed by atoms with van der Waals surface area (Å²) in [5, 5.41) is 2.69. The van der Waals surface area contributed by atoms with Crippen LogP contribution in [0.15, 0.2) is 123 Å². The van der Waals surface area contributed by atoms with Crippen molar-refractivity contribution < 1.29 is 18.0 Å². The molecule has 1 N–H and O–H groups in total. The van der Waals surface area contributed by atoms with Crippen molar-refractivity contribution in [2.45, 2.75) is 23.9 Å². The molecule has 0 bridgehead atoms. The zero-order chi connectivity index (χ0) is 29.4. The van der Waals surface area contributed by atoms with Gasteiger partial charge < -0.3 is 10.2 Å². The summed E-state index contributed by atoms with van der Waals surface area (Å²) in [4.78, 5) is 29.0. The number of hydrogen-bond donors (Lipinski definition) is 1. The second kappa shape index (κ2) is 13.9. The Balaban J connectivity index is 1.78. The molecular formula is C31H29Br2N3O4S. The average Bonchev–Trinajstić information content (AvgIpc) is 2.98. The van der Waals surface area contributed by atoms with Crippen LogP contribution < -0.4 is 9.62 Å².